The second-order valence-corrected chi connectivity index (χ2v) is 7.13. The Morgan fingerprint density at radius 3 is 2.56 bits per heavy atom. The molecule has 6 heteroatoms. The lowest BCUT2D eigenvalue weighted by Gasteiger charge is -2.11. The Bertz CT molecular complexity index is 949. The van der Waals surface area contributed by atoms with Crippen LogP contribution in [0.5, 0.6) is 5.75 Å². The minimum Gasteiger partial charge on any atom is -0.493 e. The number of ether oxygens (including phenoxy) is 1. The lowest BCUT2D eigenvalue weighted by Crippen LogP contribution is -2.15. The lowest BCUT2D eigenvalue weighted by atomic mass is 10.1. The first kappa shape index (κ1) is 19.2. The van der Waals surface area contributed by atoms with Gasteiger partial charge in [0, 0.05) is 4.47 Å². The number of halogens is 1. The summed E-state index contributed by atoms with van der Waals surface area (Å²) in [5.41, 5.74) is 4.09. The molecule has 0 bridgehead atoms. The van der Waals surface area contributed by atoms with E-state index in [-0.39, 0.29) is 5.91 Å². The van der Waals surface area contributed by atoms with E-state index in [1.54, 1.807) is 12.1 Å². The highest BCUT2D eigenvalue weighted by Crippen LogP contribution is 2.24. The fourth-order valence-corrected chi connectivity index (χ4v) is 3.18. The second kappa shape index (κ2) is 8.39. The van der Waals surface area contributed by atoms with E-state index in [4.69, 9.17) is 4.74 Å². The number of hydrogen-bond donors (Lipinski definition) is 1. The topological polar surface area (TPSA) is 56.1 Å². The number of nitrogens with zero attached hydrogens (tertiary/aromatic N) is 2. The molecule has 3 aromatic rings. The first-order valence-corrected chi connectivity index (χ1v) is 9.60. The highest BCUT2D eigenvalue weighted by atomic mass is 79.9. The zero-order chi connectivity index (χ0) is 19.4. The molecule has 0 atom stereocenters. The smallest absolute Gasteiger partial charge is 0.259 e. The summed E-state index contributed by atoms with van der Waals surface area (Å²) >= 11 is 3.45. The molecule has 0 aliphatic carbocycles. The standard InChI is InChI=1S/C21H22BrN3O2/c1-4-27-19-8-6-5-7-18(19)21(26)23-20-14(2)24-25(15(20)3)13-16-9-11-17(22)12-10-16/h5-12H,4,13H2,1-3H3,(H,23,26). The van der Waals surface area contributed by atoms with Crippen molar-refractivity contribution in [1.29, 1.82) is 0 Å². The van der Waals surface area contributed by atoms with Crippen molar-refractivity contribution in [2.45, 2.75) is 27.3 Å². The van der Waals surface area contributed by atoms with Gasteiger partial charge in [0.05, 0.1) is 35.8 Å². The number of carbonyl (C=O) groups is 1. The van der Waals surface area contributed by atoms with Gasteiger partial charge in [0.2, 0.25) is 0 Å². The fourth-order valence-electron chi connectivity index (χ4n) is 2.91. The molecule has 0 aliphatic heterocycles. The van der Waals surface area contributed by atoms with Gasteiger partial charge in [0.1, 0.15) is 5.75 Å². The molecule has 140 valence electrons. The monoisotopic (exact) mass is 427 g/mol. The molecular weight excluding hydrogens is 406 g/mol. The average molecular weight is 428 g/mol. The van der Waals surface area contributed by atoms with Crippen LogP contribution in [0, 0.1) is 13.8 Å². The van der Waals surface area contributed by atoms with Gasteiger partial charge in [-0.3, -0.25) is 9.48 Å². The molecule has 1 heterocycles. The van der Waals surface area contributed by atoms with E-state index >= 15 is 0 Å². The van der Waals surface area contributed by atoms with Crippen LogP contribution in [0.4, 0.5) is 5.69 Å². The summed E-state index contributed by atoms with van der Waals surface area (Å²) in [4.78, 5) is 12.8. The summed E-state index contributed by atoms with van der Waals surface area (Å²) in [5, 5.41) is 7.59. The second-order valence-electron chi connectivity index (χ2n) is 6.21. The molecule has 0 aliphatic rings. The van der Waals surface area contributed by atoms with Crippen molar-refractivity contribution in [2.24, 2.45) is 0 Å². The van der Waals surface area contributed by atoms with Crippen molar-refractivity contribution in [3.8, 4) is 5.75 Å². The quantitative estimate of drug-likeness (QED) is 0.604. The maximum absolute atomic E-state index is 12.8. The number of nitrogens with one attached hydrogen (secondary N) is 1. The number of amides is 1. The van der Waals surface area contributed by atoms with Crippen molar-refractivity contribution in [3.63, 3.8) is 0 Å². The Morgan fingerprint density at radius 2 is 1.85 bits per heavy atom. The third kappa shape index (κ3) is 4.39. The van der Waals surface area contributed by atoms with Crippen LogP contribution in [0.1, 0.15) is 34.2 Å². The number of carbonyl (C=O) groups excluding carboxylic acids is 1. The fraction of sp³-hybridized carbons (Fsp3) is 0.238. The number of aryl methyl sites for hydroxylation is 1. The van der Waals surface area contributed by atoms with Crippen LogP contribution in [0.15, 0.2) is 53.0 Å². The average Bonchev–Trinajstić information content (AvgIpc) is 2.91. The van der Waals surface area contributed by atoms with Gasteiger partial charge in [-0.1, -0.05) is 40.2 Å². The van der Waals surface area contributed by atoms with E-state index in [1.165, 1.54) is 0 Å². The van der Waals surface area contributed by atoms with Gasteiger partial charge in [-0.2, -0.15) is 5.10 Å². The zero-order valence-corrected chi connectivity index (χ0v) is 17.2. The molecule has 0 spiro atoms. The van der Waals surface area contributed by atoms with Crippen LogP contribution in [0.25, 0.3) is 0 Å². The van der Waals surface area contributed by atoms with Crippen molar-refractivity contribution in [1.82, 2.24) is 9.78 Å². The molecule has 0 saturated carbocycles. The van der Waals surface area contributed by atoms with E-state index in [2.05, 4.69) is 38.5 Å². The SMILES string of the molecule is CCOc1ccccc1C(=O)Nc1c(C)nn(Cc2ccc(Br)cc2)c1C. The van der Waals surface area contributed by atoms with E-state index in [1.807, 2.05) is 49.7 Å². The van der Waals surface area contributed by atoms with E-state index in [9.17, 15) is 4.79 Å². The van der Waals surface area contributed by atoms with Crippen LogP contribution in [-0.4, -0.2) is 22.3 Å². The van der Waals surface area contributed by atoms with Gasteiger partial charge in [-0.05, 0) is 50.6 Å². The molecule has 1 N–H and O–H groups in total. The molecule has 0 unspecified atom stereocenters. The molecule has 3 rings (SSSR count). The molecule has 1 aromatic heterocycles. The lowest BCUT2D eigenvalue weighted by molar-refractivity contribution is 0.102. The van der Waals surface area contributed by atoms with Gasteiger partial charge >= 0.3 is 0 Å². The molecule has 27 heavy (non-hydrogen) atoms. The predicted molar refractivity (Wildman–Crippen MR) is 111 cm³/mol. The number of para-hydroxylation sites is 1. The first-order valence-electron chi connectivity index (χ1n) is 8.81. The van der Waals surface area contributed by atoms with Crippen LogP contribution in [0.3, 0.4) is 0 Å². The summed E-state index contributed by atoms with van der Waals surface area (Å²) in [5.74, 6) is 0.378. The maximum atomic E-state index is 12.8. The van der Waals surface area contributed by atoms with Crippen molar-refractivity contribution >= 4 is 27.5 Å². The Labute approximate surface area is 167 Å². The molecule has 0 saturated heterocycles. The van der Waals surface area contributed by atoms with Gasteiger partial charge < -0.3 is 10.1 Å². The molecule has 0 fully saturated rings. The van der Waals surface area contributed by atoms with Crippen molar-refractivity contribution in [2.75, 3.05) is 11.9 Å². The summed E-state index contributed by atoms with van der Waals surface area (Å²) in [6, 6.07) is 15.4. The number of rotatable bonds is 6. The number of hydrogen-bond acceptors (Lipinski definition) is 3. The minimum atomic E-state index is -0.201. The molecular formula is C21H22BrN3O2. The highest BCUT2D eigenvalue weighted by Gasteiger charge is 2.18. The van der Waals surface area contributed by atoms with Crippen molar-refractivity contribution < 1.29 is 9.53 Å². The Hall–Kier alpha value is -2.60. The van der Waals surface area contributed by atoms with Crippen LogP contribution >= 0.6 is 15.9 Å². The third-order valence-corrected chi connectivity index (χ3v) is 4.83. The molecule has 0 radical (unpaired) electrons. The Kier molecular flexibility index (Phi) is 5.96. The normalized spacial score (nSPS) is 10.7. The molecule has 5 nitrogen and oxygen atoms in total. The van der Waals surface area contributed by atoms with E-state index in [0.717, 1.165) is 27.1 Å². The maximum Gasteiger partial charge on any atom is 0.259 e. The first-order chi connectivity index (χ1) is 13.0. The molecule has 2 aromatic carbocycles. The number of benzene rings is 2. The number of anilines is 1. The summed E-state index contributed by atoms with van der Waals surface area (Å²) in [6.07, 6.45) is 0. The third-order valence-electron chi connectivity index (χ3n) is 4.30. The van der Waals surface area contributed by atoms with Gasteiger partial charge in [0.25, 0.3) is 5.91 Å². The highest BCUT2D eigenvalue weighted by molar-refractivity contribution is 9.10. The van der Waals surface area contributed by atoms with Crippen molar-refractivity contribution in [3.05, 3.63) is 75.5 Å². The van der Waals surface area contributed by atoms with Gasteiger partial charge in [-0.15, -0.1) is 0 Å². The largest absolute Gasteiger partial charge is 0.493 e. The van der Waals surface area contributed by atoms with E-state index in [0.29, 0.717) is 24.5 Å². The zero-order valence-electron chi connectivity index (χ0n) is 15.6. The van der Waals surface area contributed by atoms with Crippen LogP contribution < -0.4 is 10.1 Å². The summed E-state index contributed by atoms with van der Waals surface area (Å²) in [7, 11) is 0. The Balaban J connectivity index is 1.82. The van der Waals surface area contributed by atoms with Gasteiger partial charge in [-0.25, -0.2) is 0 Å². The minimum absolute atomic E-state index is 0.201. The summed E-state index contributed by atoms with van der Waals surface area (Å²) < 4.78 is 8.51. The molecule has 1 amide bonds. The van der Waals surface area contributed by atoms with E-state index < -0.39 is 0 Å². The Morgan fingerprint density at radius 1 is 1.15 bits per heavy atom. The van der Waals surface area contributed by atoms with Crippen LogP contribution in [-0.2, 0) is 6.54 Å². The van der Waals surface area contributed by atoms with Crippen LogP contribution in [0.2, 0.25) is 0 Å². The van der Waals surface area contributed by atoms with Gasteiger partial charge in [0.15, 0.2) is 0 Å². The summed E-state index contributed by atoms with van der Waals surface area (Å²) in [6.45, 7) is 6.91. The number of aromatic nitrogens is 2. The predicted octanol–water partition coefficient (Wildman–Crippen LogP) is 4.96.